The highest BCUT2D eigenvalue weighted by molar-refractivity contribution is 5.81. The van der Waals surface area contributed by atoms with E-state index >= 15 is 0 Å². The van der Waals surface area contributed by atoms with Crippen molar-refractivity contribution in [2.45, 2.75) is 51.1 Å². The van der Waals surface area contributed by atoms with Gasteiger partial charge in [-0.15, -0.1) is 0 Å². The zero-order valence-corrected chi connectivity index (χ0v) is 28.3. The number of ether oxygens (including phenoxy) is 3. The maximum absolute atomic E-state index is 12.3. The topological polar surface area (TPSA) is 150 Å². The summed E-state index contributed by atoms with van der Waals surface area (Å²) in [5.41, 5.74) is 6.07. The number of aromatic hydroxyl groups is 1. The molecule has 1 saturated heterocycles. The van der Waals surface area contributed by atoms with E-state index in [1.54, 1.807) is 31.2 Å². The zero-order chi connectivity index (χ0) is 35.5. The van der Waals surface area contributed by atoms with Gasteiger partial charge in [0.15, 0.2) is 6.29 Å². The number of carbonyl (C=O) groups excluding carboxylic acids is 2. The molecule has 264 valence electrons. The summed E-state index contributed by atoms with van der Waals surface area (Å²) in [5, 5.41) is 35.5. The van der Waals surface area contributed by atoms with E-state index in [-0.39, 0.29) is 44.3 Å². The van der Waals surface area contributed by atoms with E-state index in [9.17, 15) is 24.9 Å². The maximum atomic E-state index is 12.3. The number of hydrogen-bond acceptors (Lipinski definition) is 9. The van der Waals surface area contributed by atoms with Crippen molar-refractivity contribution in [1.82, 2.24) is 15.5 Å². The first-order chi connectivity index (χ1) is 24.2. The van der Waals surface area contributed by atoms with Crippen molar-refractivity contribution in [3.8, 4) is 16.9 Å². The largest absolute Gasteiger partial charge is 0.508 e. The normalized spacial score (nSPS) is 18.0. The maximum Gasteiger partial charge on any atom is 0.325 e. The Morgan fingerprint density at radius 3 is 2.40 bits per heavy atom. The average molecular weight is 684 g/mol. The first kappa shape index (κ1) is 36.5. The highest BCUT2D eigenvalue weighted by Gasteiger charge is 2.33. The molecule has 1 aliphatic heterocycles. The Morgan fingerprint density at radius 1 is 0.940 bits per heavy atom. The summed E-state index contributed by atoms with van der Waals surface area (Å²) >= 11 is 0. The van der Waals surface area contributed by atoms with E-state index < -0.39 is 24.4 Å². The van der Waals surface area contributed by atoms with Crippen LogP contribution in [0.15, 0.2) is 97.1 Å². The molecule has 1 fully saturated rings. The quantitative estimate of drug-likeness (QED) is 0.114. The number of esters is 1. The number of phenolic OH excluding ortho intramolecular Hbond substituents is 1. The Bertz CT molecular complexity index is 1700. The molecule has 0 aromatic heterocycles. The number of carbonyl (C=O) groups is 2. The Hall–Kier alpha value is -4.78. The van der Waals surface area contributed by atoms with Crippen molar-refractivity contribution < 1.29 is 39.1 Å². The first-order valence-electron chi connectivity index (χ1n) is 16.7. The third-order valence-electron chi connectivity index (χ3n) is 8.52. The Balaban J connectivity index is 1.28. The van der Waals surface area contributed by atoms with Gasteiger partial charge in [-0.05, 0) is 59.5 Å². The van der Waals surface area contributed by atoms with Crippen LogP contribution in [0.1, 0.15) is 59.7 Å². The Kier molecular flexibility index (Phi) is 13.0. The molecule has 4 atom stereocenters. The second-order valence-corrected chi connectivity index (χ2v) is 12.3. The molecule has 4 aromatic rings. The molecular formula is C39H45N3O8. The third-order valence-corrected chi connectivity index (χ3v) is 8.52. The molecule has 0 radical (unpaired) electrons. The summed E-state index contributed by atoms with van der Waals surface area (Å²) in [7, 11) is 1.93. The number of nitrogens with zero attached hydrogens (tertiary/aromatic N) is 1. The van der Waals surface area contributed by atoms with Crippen molar-refractivity contribution in [3.05, 3.63) is 125 Å². The van der Waals surface area contributed by atoms with E-state index in [2.05, 4.69) is 10.6 Å². The minimum Gasteiger partial charge on any atom is -0.508 e. The van der Waals surface area contributed by atoms with Crippen molar-refractivity contribution in [3.63, 3.8) is 0 Å². The van der Waals surface area contributed by atoms with E-state index in [0.29, 0.717) is 25.1 Å². The number of likely N-dealkylation sites (N-methyl/N-ethyl adjacent to an activating group) is 1. The minimum atomic E-state index is -0.783. The van der Waals surface area contributed by atoms with Crippen LogP contribution in [0.5, 0.6) is 5.75 Å². The molecule has 0 aliphatic carbocycles. The van der Waals surface area contributed by atoms with Crippen LogP contribution in [0.4, 0.5) is 4.79 Å². The van der Waals surface area contributed by atoms with Gasteiger partial charge in [-0.3, -0.25) is 4.79 Å². The van der Waals surface area contributed by atoms with Gasteiger partial charge in [0, 0.05) is 31.6 Å². The molecule has 2 amide bonds. The van der Waals surface area contributed by atoms with E-state index in [0.717, 1.165) is 33.4 Å². The van der Waals surface area contributed by atoms with Crippen LogP contribution in [0, 0.1) is 0 Å². The van der Waals surface area contributed by atoms with Gasteiger partial charge in [0.2, 0.25) is 0 Å². The van der Waals surface area contributed by atoms with Gasteiger partial charge in [-0.25, -0.2) is 4.79 Å². The lowest BCUT2D eigenvalue weighted by atomic mass is 9.97. The van der Waals surface area contributed by atoms with E-state index in [1.165, 1.54) is 0 Å². The molecule has 50 heavy (non-hydrogen) atoms. The second kappa shape index (κ2) is 17.7. The number of aliphatic hydroxyl groups is 2. The number of hydrogen-bond donors (Lipinski definition) is 5. The van der Waals surface area contributed by atoms with Gasteiger partial charge < -0.3 is 45.1 Å². The van der Waals surface area contributed by atoms with Crippen molar-refractivity contribution in [2.75, 3.05) is 33.3 Å². The number of urea groups is 1. The average Bonchev–Trinajstić information content (AvgIpc) is 3.13. The van der Waals surface area contributed by atoms with Crippen LogP contribution in [-0.2, 0) is 32.2 Å². The number of phenols is 1. The molecule has 0 bridgehead atoms. The summed E-state index contributed by atoms with van der Waals surface area (Å²) in [6.45, 7) is 2.85. The second-order valence-electron chi connectivity index (χ2n) is 12.3. The lowest BCUT2D eigenvalue weighted by Crippen LogP contribution is -2.39. The van der Waals surface area contributed by atoms with Gasteiger partial charge >= 0.3 is 12.0 Å². The highest BCUT2D eigenvalue weighted by atomic mass is 16.7. The molecule has 0 spiro atoms. The molecule has 1 aliphatic rings. The smallest absolute Gasteiger partial charge is 0.325 e. The lowest BCUT2D eigenvalue weighted by molar-refractivity contribution is -0.252. The van der Waals surface area contributed by atoms with Crippen LogP contribution in [-0.4, -0.2) is 71.6 Å². The molecule has 5 N–H and O–H groups in total. The van der Waals surface area contributed by atoms with Gasteiger partial charge in [-0.1, -0.05) is 84.9 Å². The molecule has 0 unspecified atom stereocenters. The summed E-state index contributed by atoms with van der Waals surface area (Å²) in [6.07, 6.45) is -1.34. The SMILES string of the molecule is CCOC(=O)CNC(=O)NCc1ccccc1-c1ccc([C@H]2O[C@@H](CN(C)C[C@@H](O)c3cccc(O)c3)C[C@@H](c3ccc(CO)cc3)O2)cc1. The number of benzene rings is 4. The molecule has 1 heterocycles. The monoisotopic (exact) mass is 683 g/mol. The number of amides is 2. The Labute approximate surface area is 292 Å². The van der Waals surface area contributed by atoms with Crippen LogP contribution in [0.3, 0.4) is 0 Å². The van der Waals surface area contributed by atoms with Crippen LogP contribution >= 0.6 is 0 Å². The predicted molar refractivity (Wildman–Crippen MR) is 188 cm³/mol. The number of rotatable bonds is 14. The van der Waals surface area contributed by atoms with Crippen molar-refractivity contribution in [2.24, 2.45) is 0 Å². The standard InChI is InChI=1S/C39H45N3O8/c1-3-48-37(46)22-41-39(47)40-21-31-7-4-5-10-34(31)27-15-17-29(18-16-27)38-49-33(20-36(50-38)28-13-11-26(25-43)12-14-28)23-42(2)24-35(45)30-8-6-9-32(44)19-30/h4-19,33,35-36,38,43-45H,3,20-25H2,1-2H3,(H2,40,41,47)/t33-,35-,36+,38+/m1/s1. The molecule has 0 saturated carbocycles. The molecule has 11 heteroatoms. The van der Waals surface area contributed by atoms with Gasteiger partial charge in [0.25, 0.3) is 0 Å². The minimum absolute atomic E-state index is 0.0410. The van der Waals surface area contributed by atoms with Gasteiger partial charge in [0.05, 0.1) is 31.5 Å². The molecule has 4 aromatic carbocycles. The molecular weight excluding hydrogens is 638 g/mol. The summed E-state index contributed by atoms with van der Waals surface area (Å²) in [6, 6.07) is 29.6. The van der Waals surface area contributed by atoms with Gasteiger partial charge in [0.1, 0.15) is 12.3 Å². The predicted octanol–water partition coefficient (Wildman–Crippen LogP) is 5.12. The first-order valence-corrected chi connectivity index (χ1v) is 16.7. The van der Waals surface area contributed by atoms with Crippen molar-refractivity contribution in [1.29, 1.82) is 0 Å². The van der Waals surface area contributed by atoms with E-state index in [1.807, 2.05) is 84.7 Å². The van der Waals surface area contributed by atoms with Crippen molar-refractivity contribution >= 4 is 12.0 Å². The lowest BCUT2D eigenvalue weighted by Gasteiger charge is -2.38. The third kappa shape index (κ3) is 10.1. The zero-order valence-electron chi connectivity index (χ0n) is 28.3. The summed E-state index contributed by atoms with van der Waals surface area (Å²) in [4.78, 5) is 25.9. The Morgan fingerprint density at radius 2 is 1.68 bits per heavy atom. The molecule has 11 nitrogen and oxygen atoms in total. The van der Waals surface area contributed by atoms with Crippen LogP contribution < -0.4 is 10.6 Å². The summed E-state index contributed by atoms with van der Waals surface area (Å²) in [5.74, 6) is -0.390. The summed E-state index contributed by atoms with van der Waals surface area (Å²) < 4.78 is 17.9. The van der Waals surface area contributed by atoms with Gasteiger partial charge in [-0.2, -0.15) is 0 Å². The number of aliphatic hydroxyl groups excluding tert-OH is 2. The number of nitrogens with one attached hydrogen (secondary N) is 2. The molecule has 5 rings (SSSR count). The fourth-order valence-corrected chi connectivity index (χ4v) is 5.97. The highest BCUT2D eigenvalue weighted by Crippen LogP contribution is 2.39. The fraction of sp³-hybridized carbons (Fsp3) is 0.333. The fourth-order valence-electron chi connectivity index (χ4n) is 5.97. The van der Waals surface area contributed by atoms with Crippen LogP contribution in [0.25, 0.3) is 11.1 Å². The van der Waals surface area contributed by atoms with Crippen LogP contribution in [0.2, 0.25) is 0 Å². The van der Waals surface area contributed by atoms with E-state index in [4.69, 9.17) is 14.2 Å².